The van der Waals surface area contributed by atoms with Crippen molar-refractivity contribution in [2.45, 2.75) is 24.3 Å². The zero-order valence-corrected chi connectivity index (χ0v) is 21.6. The minimum atomic E-state index is -3.38. The Hall–Kier alpha value is -2.35. The van der Waals surface area contributed by atoms with E-state index in [1.165, 1.54) is 6.07 Å². The molecule has 34 heavy (non-hydrogen) atoms. The van der Waals surface area contributed by atoms with E-state index >= 15 is 0 Å². The predicted octanol–water partition coefficient (Wildman–Crippen LogP) is 6.80. The summed E-state index contributed by atoms with van der Waals surface area (Å²) in [5.41, 5.74) is 1.91. The zero-order valence-electron chi connectivity index (χ0n) is 18.6. The van der Waals surface area contributed by atoms with Crippen molar-refractivity contribution in [2.75, 3.05) is 6.26 Å². The molecular formula is C25H21Cl3N2O3S. The lowest BCUT2D eigenvalue weighted by molar-refractivity contribution is 0.0743. The Morgan fingerprint density at radius 3 is 2.09 bits per heavy atom. The van der Waals surface area contributed by atoms with E-state index in [0.29, 0.717) is 37.7 Å². The second-order valence-electron chi connectivity index (χ2n) is 8.44. The van der Waals surface area contributed by atoms with Crippen molar-refractivity contribution in [3.63, 3.8) is 0 Å². The van der Waals surface area contributed by atoms with Crippen LogP contribution in [0.5, 0.6) is 0 Å². The molecule has 176 valence electrons. The molecule has 4 aromatic rings. The van der Waals surface area contributed by atoms with E-state index < -0.39 is 15.4 Å². The molecule has 0 aliphatic rings. The van der Waals surface area contributed by atoms with E-state index in [9.17, 15) is 13.5 Å². The number of rotatable bonds is 5. The van der Waals surface area contributed by atoms with Crippen molar-refractivity contribution < 1.29 is 13.5 Å². The third kappa shape index (κ3) is 4.88. The maximum absolute atomic E-state index is 12.0. The summed E-state index contributed by atoms with van der Waals surface area (Å²) in [6, 6.07) is 17.2. The van der Waals surface area contributed by atoms with E-state index in [-0.39, 0.29) is 4.90 Å². The molecule has 1 aromatic heterocycles. The number of imidazole rings is 1. The molecule has 0 aliphatic heterocycles. The van der Waals surface area contributed by atoms with Crippen molar-refractivity contribution in [1.29, 1.82) is 0 Å². The van der Waals surface area contributed by atoms with Gasteiger partial charge < -0.3 is 5.11 Å². The van der Waals surface area contributed by atoms with Crippen LogP contribution in [0.3, 0.4) is 0 Å². The van der Waals surface area contributed by atoms with E-state index in [1.807, 2.05) is 24.3 Å². The molecule has 0 atom stereocenters. The fraction of sp³-hybridized carbons (Fsp3) is 0.160. The third-order valence-electron chi connectivity index (χ3n) is 5.34. The van der Waals surface area contributed by atoms with Crippen molar-refractivity contribution in [2.24, 2.45) is 0 Å². The van der Waals surface area contributed by atoms with Crippen LogP contribution in [0.25, 0.3) is 28.2 Å². The molecule has 5 nitrogen and oxygen atoms in total. The van der Waals surface area contributed by atoms with Gasteiger partial charge in [0, 0.05) is 28.7 Å². The third-order valence-corrected chi connectivity index (χ3v) is 7.41. The van der Waals surface area contributed by atoms with Crippen LogP contribution in [0, 0.1) is 0 Å². The molecule has 0 amide bonds. The summed E-state index contributed by atoms with van der Waals surface area (Å²) in [6.45, 7) is 3.30. The van der Waals surface area contributed by atoms with Crippen LogP contribution in [0.15, 0.2) is 71.8 Å². The highest BCUT2D eigenvalue weighted by molar-refractivity contribution is 7.90. The van der Waals surface area contributed by atoms with E-state index in [1.54, 1.807) is 54.9 Å². The minimum absolute atomic E-state index is 0.191. The lowest BCUT2D eigenvalue weighted by Crippen LogP contribution is -2.15. The van der Waals surface area contributed by atoms with Crippen LogP contribution in [0.4, 0.5) is 0 Å². The summed E-state index contributed by atoms with van der Waals surface area (Å²) in [5.74, 6) is 0.484. The molecule has 9 heteroatoms. The summed E-state index contributed by atoms with van der Waals surface area (Å²) < 4.78 is 25.8. The monoisotopic (exact) mass is 534 g/mol. The van der Waals surface area contributed by atoms with Crippen LogP contribution >= 0.6 is 34.8 Å². The number of aromatic nitrogens is 2. The summed E-state index contributed by atoms with van der Waals surface area (Å²) >= 11 is 19.3. The Bertz CT molecular complexity index is 1470. The molecule has 0 spiro atoms. The van der Waals surface area contributed by atoms with Gasteiger partial charge in [-0.3, -0.25) is 4.57 Å². The van der Waals surface area contributed by atoms with E-state index in [4.69, 9.17) is 34.8 Å². The van der Waals surface area contributed by atoms with Gasteiger partial charge in [-0.05, 0) is 61.9 Å². The number of hydrogen-bond donors (Lipinski definition) is 1. The Morgan fingerprint density at radius 2 is 1.53 bits per heavy atom. The zero-order chi connectivity index (χ0) is 24.8. The first-order valence-corrected chi connectivity index (χ1v) is 13.3. The number of sulfone groups is 1. The lowest BCUT2D eigenvalue weighted by Gasteiger charge is -2.13. The highest BCUT2D eigenvalue weighted by Gasteiger charge is 2.25. The maximum Gasteiger partial charge on any atom is 0.175 e. The van der Waals surface area contributed by atoms with Gasteiger partial charge in [-0.1, -0.05) is 53.0 Å². The minimum Gasteiger partial charge on any atom is -0.384 e. The first-order chi connectivity index (χ1) is 15.9. The summed E-state index contributed by atoms with van der Waals surface area (Å²) in [5, 5.41) is 11.9. The highest BCUT2D eigenvalue weighted by atomic mass is 35.5. The smallest absolute Gasteiger partial charge is 0.175 e. The number of aliphatic hydroxyl groups is 1. The van der Waals surface area contributed by atoms with Crippen molar-refractivity contribution in [1.82, 2.24) is 9.55 Å². The number of nitrogens with zero attached hydrogens (tertiary/aromatic N) is 2. The van der Waals surface area contributed by atoms with Gasteiger partial charge >= 0.3 is 0 Å². The average Bonchev–Trinajstić information content (AvgIpc) is 3.19. The van der Waals surface area contributed by atoms with Gasteiger partial charge in [-0.2, -0.15) is 0 Å². The molecule has 4 rings (SSSR count). The first kappa shape index (κ1) is 24.8. The fourth-order valence-electron chi connectivity index (χ4n) is 3.52. The van der Waals surface area contributed by atoms with E-state index in [0.717, 1.165) is 17.5 Å². The Morgan fingerprint density at radius 1 is 0.912 bits per heavy atom. The number of benzene rings is 3. The largest absolute Gasteiger partial charge is 0.384 e. The van der Waals surface area contributed by atoms with Crippen LogP contribution in [0.2, 0.25) is 15.1 Å². The molecule has 0 unspecified atom stereocenters. The Balaban J connectivity index is 1.85. The van der Waals surface area contributed by atoms with Crippen molar-refractivity contribution >= 4 is 44.6 Å². The molecule has 0 bridgehead atoms. The standard InChI is InChI=1S/C25H21Cl3N2O3S/c1-25(2,31)22-14-30(24(29-22)23-20(27)5-4-6-21(23)28)16-9-7-15(8-10-16)18-13-17(34(3,32)33)11-12-19(18)26/h4-14,31H,1-3H3. The molecule has 0 saturated carbocycles. The van der Waals surface area contributed by atoms with Gasteiger partial charge in [0.05, 0.1) is 26.2 Å². The fourth-order valence-corrected chi connectivity index (χ4v) is 4.96. The summed E-state index contributed by atoms with van der Waals surface area (Å²) in [7, 11) is -3.38. The van der Waals surface area contributed by atoms with Gasteiger partial charge in [0.15, 0.2) is 9.84 Å². The quantitative estimate of drug-likeness (QED) is 0.305. The molecule has 0 radical (unpaired) electrons. The van der Waals surface area contributed by atoms with Crippen LogP contribution in [-0.2, 0) is 15.4 Å². The van der Waals surface area contributed by atoms with Gasteiger partial charge in [0.1, 0.15) is 11.4 Å². The summed E-state index contributed by atoms with van der Waals surface area (Å²) in [6.07, 6.45) is 2.89. The van der Waals surface area contributed by atoms with Gasteiger partial charge in [0.25, 0.3) is 0 Å². The van der Waals surface area contributed by atoms with Crippen LogP contribution < -0.4 is 0 Å². The predicted molar refractivity (Wildman–Crippen MR) is 138 cm³/mol. The van der Waals surface area contributed by atoms with Gasteiger partial charge in [-0.25, -0.2) is 13.4 Å². The van der Waals surface area contributed by atoms with Crippen LogP contribution in [0.1, 0.15) is 19.5 Å². The number of halogens is 3. The lowest BCUT2D eigenvalue weighted by atomic mass is 10.1. The number of hydrogen-bond acceptors (Lipinski definition) is 4. The molecular weight excluding hydrogens is 515 g/mol. The molecule has 0 aliphatic carbocycles. The Labute approximate surface area is 213 Å². The van der Waals surface area contributed by atoms with Gasteiger partial charge in [-0.15, -0.1) is 0 Å². The molecule has 0 fully saturated rings. The van der Waals surface area contributed by atoms with Crippen molar-refractivity contribution in [3.05, 3.63) is 87.6 Å². The maximum atomic E-state index is 12.0. The second kappa shape index (κ2) is 9.02. The molecule has 1 N–H and O–H groups in total. The summed E-state index contributed by atoms with van der Waals surface area (Å²) in [4.78, 5) is 4.83. The average molecular weight is 536 g/mol. The molecule has 0 saturated heterocycles. The molecule has 3 aromatic carbocycles. The SMILES string of the molecule is CC(C)(O)c1cn(-c2ccc(-c3cc(S(C)(=O)=O)ccc3Cl)cc2)c(-c2c(Cl)cccc2Cl)n1. The van der Waals surface area contributed by atoms with Crippen molar-refractivity contribution in [3.8, 4) is 28.2 Å². The normalized spacial score (nSPS) is 12.2. The molecule has 1 heterocycles. The van der Waals surface area contributed by atoms with Gasteiger partial charge in [0.2, 0.25) is 0 Å². The Kier molecular flexibility index (Phi) is 6.57. The highest BCUT2D eigenvalue weighted by Crippen LogP contribution is 2.37. The topological polar surface area (TPSA) is 72.2 Å². The second-order valence-corrected chi connectivity index (χ2v) is 11.7. The first-order valence-electron chi connectivity index (χ1n) is 10.2. The van der Waals surface area contributed by atoms with Crippen LogP contribution in [-0.4, -0.2) is 29.3 Å². The van der Waals surface area contributed by atoms with E-state index in [2.05, 4.69) is 4.98 Å².